The van der Waals surface area contributed by atoms with E-state index in [1.165, 1.54) is 0 Å². The first kappa shape index (κ1) is 14.0. The van der Waals surface area contributed by atoms with Crippen molar-refractivity contribution in [2.45, 2.75) is 24.5 Å². The third-order valence-corrected chi connectivity index (χ3v) is 5.61. The first-order chi connectivity index (χ1) is 8.94. The van der Waals surface area contributed by atoms with Crippen molar-refractivity contribution in [3.8, 4) is 0 Å². The molecule has 0 fully saturated rings. The molecule has 0 spiro atoms. The molecule has 0 aliphatic rings. The molecule has 2 aromatic heterocycles. The zero-order valence-corrected chi connectivity index (χ0v) is 12.2. The van der Waals surface area contributed by atoms with Gasteiger partial charge < -0.3 is 5.11 Å². The summed E-state index contributed by atoms with van der Waals surface area (Å²) in [5.41, 5.74) is 1.76. The van der Waals surface area contributed by atoms with E-state index in [9.17, 15) is 8.42 Å². The second kappa shape index (κ2) is 5.32. The monoisotopic (exact) mass is 301 g/mol. The van der Waals surface area contributed by atoms with Gasteiger partial charge in [0.25, 0.3) is 10.0 Å². The molecule has 8 heteroatoms. The Labute approximate surface area is 115 Å². The van der Waals surface area contributed by atoms with Gasteiger partial charge in [-0.15, -0.1) is 11.3 Å². The van der Waals surface area contributed by atoms with Crippen LogP contribution in [0.25, 0.3) is 0 Å². The highest BCUT2D eigenvalue weighted by atomic mass is 32.2. The quantitative estimate of drug-likeness (QED) is 0.778. The normalized spacial score (nSPS) is 11.7. The van der Waals surface area contributed by atoms with Crippen LogP contribution in [0.5, 0.6) is 0 Å². The van der Waals surface area contributed by atoms with E-state index < -0.39 is 10.0 Å². The third kappa shape index (κ3) is 2.96. The molecule has 0 aliphatic heterocycles. The summed E-state index contributed by atoms with van der Waals surface area (Å²) in [6, 6.07) is 3.26. The summed E-state index contributed by atoms with van der Waals surface area (Å²) in [7, 11) is -3.60. The molecule has 0 saturated heterocycles. The molecule has 2 rings (SSSR count). The number of nitrogens with zero attached hydrogens (tertiary/aromatic N) is 1. The lowest BCUT2D eigenvalue weighted by Crippen LogP contribution is -2.12. The number of anilines is 1. The van der Waals surface area contributed by atoms with Gasteiger partial charge in [-0.1, -0.05) is 0 Å². The number of aromatic nitrogens is 2. The Morgan fingerprint density at radius 2 is 2.16 bits per heavy atom. The van der Waals surface area contributed by atoms with Gasteiger partial charge in [0.15, 0.2) is 0 Å². The smallest absolute Gasteiger partial charge is 0.271 e. The van der Waals surface area contributed by atoms with Gasteiger partial charge in [-0.25, -0.2) is 8.42 Å². The topological polar surface area (TPSA) is 95.1 Å². The molecule has 0 radical (unpaired) electrons. The molecule has 0 bridgehead atoms. The van der Waals surface area contributed by atoms with E-state index in [2.05, 4.69) is 14.9 Å². The van der Waals surface area contributed by atoms with Crippen molar-refractivity contribution in [1.82, 2.24) is 10.2 Å². The van der Waals surface area contributed by atoms with Crippen LogP contribution in [0.3, 0.4) is 0 Å². The number of hydrogen-bond acceptors (Lipinski definition) is 5. The van der Waals surface area contributed by atoms with E-state index >= 15 is 0 Å². The molecular weight excluding hydrogens is 286 g/mol. The number of H-pyrrole nitrogens is 1. The van der Waals surface area contributed by atoms with Crippen molar-refractivity contribution in [1.29, 1.82) is 0 Å². The van der Waals surface area contributed by atoms with Crippen LogP contribution in [0.1, 0.15) is 16.3 Å². The van der Waals surface area contributed by atoms with Crippen molar-refractivity contribution in [3.05, 3.63) is 28.4 Å². The van der Waals surface area contributed by atoms with Crippen LogP contribution in [0.2, 0.25) is 0 Å². The zero-order valence-electron chi connectivity index (χ0n) is 10.6. The molecule has 3 N–H and O–H groups in total. The Morgan fingerprint density at radius 1 is 1.42 bits per heavy atom. The maximum absolute atomic E-state index is 12.2. The van der Waals surface area contributed by atoms with Crippen molar-refractivity contribution in [2.24, 2.45) is 0 Å². The second-order valence-electron chi connectivity index (χ2n) is 4.11. The van der Waals surface area contributed by atoms with Crippen molar-refractivity contribution < 1.29 is 13.5 Å². The van der Waals surface area contributed by atoms with Gasteiger partial charge in [0.05, 0.1) is 17.1 Å². The molecule has 0 aromatic carbocycles. The van der Waals surface area contributed by atoms with Crippen LogP contribution < -0.4 is 4.72 Å². The molecule has 0 amide bonds. The highest BCUT2D eigenvalue weighted by Crippen LogP contribution is 2.26. The fourth-order valence-electron chi connectivity index (χ4n) is 1.63. The van der Waals surface area contributed by atoms with Gasteiger partial charge in [0, 0.05) is 17.9 Å². The van der Waals surface area contributed by atoms with E-state index in [0.29, 0.717) is 23.5 Å². The lowest BCUT2D eigenvalue weighted by atomic mass is 10.3. The summed E-state index contributed by atoms with van der Waals surface area (Å²) in [6.07, 6.45) is 0.462. The average molecular weight is 301 g/mol. The van der Waals surface area contributed by atoms with Crippen LogP contribution in [0, 0.1) is 13.8 Å². The Kier molecular flexibility index (Phi) is 3.93. The Hall–Kier alpha value is -1.38. The Morgan fingerprint density at radius 3 is 2.74 bits per heavy atom. The summed E-state index contributed by atoms with van der Waals surface area (Å²) in [6.45, 7) is 3.49. The molecule has 6 nitrogen and oxygen atoms in total. The number of thiophene rings is 1. The highest BCUT2D eigenvalue weighted by Gasteiger charge is 2.20. The first-order valence-electron chi connectivity index (χ1n) is 5.68. The van der Waals surface area contributed by atoms with E-state index in [-0.39, 0.29) is 10.8 Å². The zero-order chi connectivity index (χ0) is 14.0. The molecule has 104 valence electrons. The molecule has 0 aliphatic carbocycles. The van der Waals surface area contributed by atoms with Gasteiger partial charge in [0.1, 0.15) is 4.21 Å². The number of nitrogens with one attached hydrogen (secondary N) is 2. The molecule has 0 atom stereocenters. The first-order valence-corrected chi connectivity index (χ1v) is 7.98. The van der Waals surface area contributed by atoms with Crippen LogP contribution in [-0.2, 0) is 16.4 Å². The maximum Gasteiger partial charge on any atom is 0.271 e. The largest absolute Gasteiger partial charge is 0.396 e. The molecule has 19 heavy (non-hydrogen) atoms. The minimum Gasteiger partial charge on any atom is -0.396 e. The van der Waals surface area contributed by atoms with Crippen molar-refractivity contribution >= 4 is 27.0 Å². The minimum atomic E-state index is -3.60. The molecule has 0 saturated carbocycles. The molecule has 2 aromatic rings. The van der Waals surface area contributed by atoms with Crippen LogP contribution in [0.15, 0.2) is 16.3 Å². The standard InChI is InChI=1S/C11H15N3O3S2/c1-7-11(8(2)13-12-7)14-19(16,17)10-4-3-9(18-10)5-6-15/h3-4,14-15H,5-6H2,1-2H3,(H,12,13). The number of hydrogen-bond donors (Lipinski definition) is 3. The Bertz CT molecular complexity index is 654. The lowest BCUT2D eigenvalue weighted by molar-refractivity contribution is 0.300. The predicted molar refractivity (Wildman–Crippen MR) is 74.0 cm³/mol. The number of aliphatic hydroxyl groups excluding tert-OH is 1. The minimum absolute atomic E-state index is 0.00732. The highest BCUT2D eigenvalue weighted by molar-refractivity contribution is 7.94. The lowest BCUT2D eigenvalue weighted by Gasteiger charge is -2.05. The number of aliphatic hydroxyl groups is 1. The van der Waals surface area contributed by atoms with Gasteiger partial charge in [-0.05, 0) is 26.0 Å². The van der Waals surface area contributed by atoms with E-state index in [1.54, 1.807) is 26.0 Å². The fraction of sp³-hybridized carbons (Fsp3) is 0.364. The van der Waals surface area contributed by atoms with Crippen LogP contribution in [-0.4, -0.2) is 30.3 Å². The number of sulfonamides is 1. The Balaban J connectivity index is 2.27. The summed E-state index contributed by atoms with van der Waals surface area (Å²) >= 11 is 1.16. The van der Waals surface area contributed by atoms with E-state index in [0.717, 1.165) is 16.2 Å². The second-order valence-corrected chi connectivity index (χ2v) is 7.19. The van der Waals surface area contributed by atoms with Crippen LogP contribution >= 0.6 is 11.3 Å². The number of rotatable bonds is 5. The summed E-state index contributed by atoms with van der Waals surface area (Å²) in [5.74, 6) is 0. The summed E-state index contributed by atoms with van der Waals surface area (Å²) < 4.78 is 27.2. The third-order valence-electron chi connectivity index (χ3n) is 2.62. The molecule has 2 heterocycles. The number of aromatic amines is 1. The van der Waals surface area contributed by atoms with Crippen molar-refractivity contribution in [2.75, 3.05) is 11.3 Å². The summed E-state index contributed by atoms with van der Waals surface area (Å²) in [4.78, 5) is 0.837. The summed E-state index contributed by atoms with van der Waals surface area (Å²) in [5, 5.41) is 15.5. The van der Waals surface area contributed by atoms with Gasteiger partial charge in [-0.2, -0.15) is 5.10 Å². The SMILES string of the molecule is Cc1n[nH]c(C)c1NS(=O)(=O)c1ccc(CCO)s1. The van der Waals surface area contributed by atoms with Gasteiger partial charge in [0.2, 0.25) is 0 Å². The van der Waals surface area contributed by atoms with Crippen LogP contribution in [0.4, 0.5) is 5.69 Å². The molecular formula is C11H15N3O3S2. The molecule has 0 unspecified atom stereocenters. The fourth-order valence-corrected chi connectivity index (χ4v) is 4.16. The van der Waals surface area contributed by atoms with Gasteiger partial charge in [-0.3, -0.25) is 9.82 Å². The van der Waals surface area contributed by atoms with E-state index in [1.807, 2.05) is 0 Å². The number of aryl methyl sites for hydroxylation is 2. The van der Waals surface area contributed by atoms with E-state index in [4.69, 9.17) is 5.11 Å². The van der Waals surface area contributed by atoms with Crippen molar-refractivity contribution in [3.63, 3.8) is 0 Å². The average Bonchev–Trinajstić information content (AvgIpc) is 2.92. The maximum atomic E-state index is 12.2. The van der Waals surface area contributed by atoms with Gasteiger partial charge >= 0.3 is 0 Å². The predicted octanol–water partition coefficient (Wildman–Crippen LogP) is 1.42.